The fraction of sp³-hybridized carbons (Fsp3) is 0.500. The van der Waals surface area contributed by atoms with E-state index in [1.165, 1.54) is 0 Å². The molecule has 1 aromatic heterocycles. The van der Waals surface area contributed by atoms with Crippen molar-refractivity contribution >= 4 is 23.3 Å². The Morgan fingerprint density at radius 2 is 2.38 bits per heavy atom. The molecule has 1 unspecified atom stereocenters. The summed E-state index contributed by atoms with van der Waals surface area (Å²) in [5.74, 6) is 0.747. The highest BCUT2D eigenvalue weighted by Crippen LogP contribution is 2.18. The molecule has 6 heteroatoms. The molecule has 2 heterocycles. The number of amides is 1. The average molecular weight is 241 g/mol. The number of rotatable bonds is 2. The van der Waals surface area contributed by atoms with Gasteiger partial charge >= 0.3 is 0 Å². The van der Waals surface area contributed by atoms with Gasteiger partial charge < -0.3 is 10.2 Å². The second-order valence-electron chi connectivity index (χ2n) is 3.62. The van der Waals surface area contributed by atoms with Crippen LogP contribution in [0.25, 0.3) is 0 Å². The third-order valence-corrected chi connectivity index (χ3v) is 2.83. The van der Waals surface area contributed by atoms with Crippen LogP contribution in [0.4, 0.5) is 5.82 Å². The minimum absolute atomic E-state index is 0.0468. The largest absolute Gasteiger partial charge is 0.353 e. The van der Waals surface area contributed by atoms with E-state index in [-0.39, 0.29) is 11.9 Å². The maximum absolute atomic E-state index is 11.6. The second kappa shape index (κ2) is 4.65. The number of carbonyl (C=O) groups is 1. The van der Waals surface area contributed by atoms with E-state index in [2.05, 4.69) is 15.5 Å². The van der Waals surface area contributed by atoms with Crippen molar-refractivity contribution in [1.82, 2.24) is 15.5 Å². The fourth-order valence-electron chi connectivity index (χ4n) is 1.86. The van der Waals surface area contributed by atoms with Gasteiger partial charge in [0.15, 0.2) is 11.0 Å². The van der Waals surface area contributed by atoms with Gasteiger partial charge in [0.2, 0.25) is 5.91 Å². The van der Waals surface area contributed by atoms with E-state index in [4.69, 9.17) is 11.6 Å². The molecule has 1 aliphatic heterocycles. The van der Waals surface area contributed by atoms with Crippen LogP contribution in [0.5, 0.6) is 0 Å². The van der Waals surface area contributed by atoms with Gasteiger partial charge in [-0.2, -0.15) is 0 Å². The van der Waals surface area contributed by atoms with Crippen molar-refractivity contribution in [1.29, 1.82) is 0 Å². The predicted octanol–water partition coefficient (Wildman–Crippen LogP) is 0.845. The first kappa shape index (κ1) is 11.1. The lowest BCUT2D eigenvalue weighted by molar-refractivity contribution is -0.123. The van der Waals surface area contributed by atoms with Crippen molar-refractivity contribution in [2.24, 2.45) is 0 Å². The molecule has 0 bridgehead atoms. The van der Waals surface area contributed by atoms with Crippen molar-refractivity contribution in [3.05, 3.63) is 17.3 Å². The van der Waals surface area contributed by atoms with Crippen LogP contribution < -0.4 is 10.2 Å². The maximum Gasteiger partial charge on any atom is 0.242 e. The van der Waals surface area contributed by atoms with Gasteiger partial charge in [0, 0.05) is 13.1 Å². The number of hydrogen-bond donors (Lipinski definition) is 1. The van der Waals surface area contributed by atoms with Crippen LogP contribution in [-0.4, -0.2) is 35.2 Å². The summed E-state index contributed by atoms with van der Waals surface area (Å²) in [4.78, 5) is 13.6. The molecule has 1 saturated heterocycles. The molecule has 0 aliphatic carbocycles. The Hall–Kier alpha value is -1.36. The molecule has 0 spiro atoms. The lowest BCUT2D eigenvalue weighted by Crippen LogP contribution is -2.55. The van der Waals surface area contributed by atoms with Crippen molar-refractivity contribution in [2.45, 2.75) is 19.4 Å². The number of aromatic nitrogens is 2. The maximum atomic E-state index is 11.6. The molecular weight excluding hydrogens is 228 g/mol. The van der Waals surface area contributed by atoms with Crippen LogP contribution >= 0.6 is 11.6 Å². The number of halogens is 1. The van der Waals surface area contributed by atoms with Crippen molar-refractivity contribution in [3.63, 3.8) is 0 Å². The van der Waals surface area contributed by atoms with Gasteiger partial charge in [0.1, 0.15) is 6.04 Å². The third-order valence-electron chi connectivity index (χ3n) is 2.63. The van der Waals surface area contributed by atoms with Crippen molar-refractivity contribution < 1.29 is 4.79 Å². The summed E-state index contributed by atoms with van der Waals surface area (Å²) in [5.41, 5.74) is 0. The first-order valence-electron chi connectivity index (χ1n) is 5.26. The van der Waals surface area contributed by atoms with Crippen LogP contribution in [0.3, 0.4) is 0 Å². The topological polar surface area (TPSA) is 58.1 Å². The van der Waals surface area contributed by atoms with Crippen LogP contribution in [-0.2, 0) is 4.79 Å². The Bertz CT molecular complexity index is 381. The van der Waals surface area contributed by atoms with Crippen LogP contribution in [0.15, 0.2) is 12.1 Å². The van der Waals surface area contributed by atoms with Gasteiger partial charge in [-0.25, -0.2) is 0 Å². The number of carbonyl (C=O) groups excluding carboxylic acids is 1. The molecule has 86 valence electrons. The SMILES string of the molecule is CCC1C(=O)NCCN1c1ccc(Cl)nn1. The van der Waals surface area contributed by atoms with Gasteiger partial charge in [-0.05, 0) is 18.6 Å². The monoisotopic (exact) mass is 240 g/mol. The zero-order valence-corrected chi connectivity index (χ0v) is 9.74. The van der Waals surface area contributed by atoms with E-state index in [1.807, 2.05) is 11.8 Å². The molecule has 1 N–H and O–H groups in total. The highest BCUT2D eigenvalue weighted by Gasteiger charge is 2.28. The third kappa shape index (κ3) is 2.09. The van der Waals surface area contributed by atoms with E-state index >= 15 is 0 Å². The number of nitrogens with one attached hydrogen (secondary N) is 1. The normalized spacial score (nSPS) is 20.8. The summed E-state index contributed by atoms with van der Waals surface area (Å²) in [5, 5.41) is 11.0. The average Bonchev–Trinajstić information content (AvgIpc) is 2.30. The first-order valence-corrected chi connectivity index (χ1v) is 5.63. The highest BCUT2D eigenvalue weighted by atomic mass is 35.5. The summed E-state index contributed by atoms with van der Waals surface area (Å²) in [7, 11) is 0. The Morgan fingerprint density at radius 1 is 1.56 bits per heavy atom. The Labute approximate surface area is 98.8 Å². The van der Waals surface area contributed by atoms with E-state index in [1.54, 1.807) is 12.1 Å². The summed E-state index contributed by atoms with van der Waals surface area (Å²) in [6, 6.07) is 3.31. The molecule has 1 amide bonds. The van der Waals surface area contributed by atoms with Crippen molar-refractivity contribution in [3.8, 4) is 0 Å². The summed E-state index contributed by atoms with van der Waals surface area (Å²) < 4.78 is 0. The van der Waals surface area contributed by atoms with Gasteiger partial charge in [0.25, 0.3) is 0 Å². The molecule has 2 rings (SSSR count). The molecular formula is C10H13ClN4O. The fourth-order valence-corrected chi connectivity index (χ4v) is 1.96. The van der Waals surface area contributed by atoms with Crippen LogP contribution in [0.2, 0.25) is 5.15 Å². The number of hydrogen-bond acceptors (Lipinski definition) is 4. The highest BCUT2D eigenvalue weighted by molar-refractivity contribution is 6.29. The lowest BCUT2D eigenvalue weighted by atomic mass is 10.1. The van der Waals surface area contributed by atoms with Crippen molar-refractivity contribution in [2.75, 3.05) is 18.0 Å². The van der Waals surface area contributed by atoms with Gasteiger partial charge in [-0.3, -0.25) is 4.79 Å². The van der Waals surface area contributed by atoms with E-state index in [0.717, 1.165) is 13.0 Å². The standard InChI is InChI=1S/C10H13ClN4O/c1-2-7-10(16)12-5-6-15(7)9-4-3-8(11)13-14-9/h3-4,7H,2,5-6H2,1H3,(H,12,16). The molecule has 1 atom stereocenters. The summed E-state index contributed by atoms with van der Waals surface area (Å²) in [6.45, 7) is 3.37. The van der Waals surface area contributed by atoms with E-state index in [0.29, 0.717) is 17.5 Å². The Balaban J connectivity index is 2.24. The molecule has 1 fully saturated rings. The quantitative estimate of drug-likeness (QED) is 0.833. The molecule has 0 aromatic carbocycles. The molecule has 5 nitrogen and oxygen atoms in total. The minimum atomic E-state index is -0.163. The number of anilines is 1. The minimum Gasteiger partial charge on any atom is -0.353 e. The Kier molecular flexibility index (Phi) is 3.24. The summed E-state index contributed by atoms with van der Waals surface area (Å²) >= 11 is 5.68. The molecule has 1 aromatic rings. The summed E-state index contributed by atoms with van der Waals surface area (Å²) in [6.07, 6.45) is 0.746. The molecule has 0 saturated carbocycles. The Morgan fingerprint density at radius 3 is 3.00 bits per heavy atom. The van der Waals surface area contributed by atoms with Gasteiger partial charge in [-0.1, -0.05) is 18.5 Å². The zero-order chi connectivity index (χ0) is 11.5. The second-order valence-corrected chi connectivity index (χ2v) is 4.01. The predicted molar refractivity (Wildman–Crippen MR) is 61.5 cm³/mol. The van der Waals surface area contributed by atoms with E-state index < -0.39 is 0 Å². The number of piperazine rings is 1. The number of nitrogens with zero attached hydrogens (tertiary/aromatic N) is 3. The van der Waals surface area contributed by atoms with Crippen LogP contribution in [0, 0.1) is 0 Å². The van der Waals surface area contributed by atoms with E-state index in [9.17, 15) is 4.79 Å². The zero-order valence-electron chi connectivity index (χ0n) is 8.98. The van der Waals surface area contributed by atoms with Gasteiger partial charge in [-0.15, -0.1) is 10.2 Å². The lowest BCUT2D eigenvalue weighted by Gasteiger charge is -2.34. The molecule has 1 aliphatic rings. The smallest absolute Gasteiger partial charge is 0.242 e. The molecule has 0 radical (unpaired) electrons. The first-order chi connectivity index (χ1) is 7.72. The van der Waals surface area contributed by atoms with Gasteiger partial charge in [0.05, 0.1) is 0 Å². The van der Waals surface area contributed by atoms with Crippen LogP contribution in [0.1, 0.15) is 13.3 Å². The molecule has 16 heavy (non-hydrogen) atoms.